The summed E-state index contributed by atoms with van der Waals surface area (Å²) in [6.45, 7) is 1.67. The predicted molar refractivity (Wildman–Crippen MR) is 150 cm³/mol. The Morgan fingerprint density at radius 3 is 2.47 bits per heavy atom. The minimum absolute atomic E-state index is 0.00646. The van der Waals surface area contributed by atoms with Crippen molar-refractivity contribution in [3.8, 4) is 5.75 Å². The molecule has 0 spiro atoms. The van der Waals surface area contributed by atoms with Crippen molar-refractivity contribution in [2.75, 3.05) is 16.8 Å². The molecule has 1 saturated heterocycles. The smallest absolute Gasteiger partial charge is 0.270 e. The van der Waals surface area contributed by atoms with Gasteiger partial charge in [-0.25, -0.2) is 0 Å². The number of halogens is 2. The van der Waals surface area contributed by atoms with E-state index in [0.29, 0.717) is 31.6 Å². The molecule has 0 radical (unpaired) electrons. The number of nitrogens with zero attached hydrogens (tertiary/aromatic N) is 1. The van der Waals surface area contributed by atoms with Crippen LogP contribution in [-0.4, -0.2) is 29.4 Å². The van der Waals surface area contributed by atoms with Crippen LogP contribution in [0.25, 0.3) is 6.08 Å². The predicted octanol–water partition coefficient (Wildman–Crippen LogP) is 5.37. The van der Waals surface area contributed by atoms with E-state index in [1.54, 1.807) is 48.5 Å². The topological polar surface area (TPSA) is 87.7 Å². The van der Waals surface area contributed by atoms with E-state index in [4.69, 9.17) is 17.0 Å². The lowest BCUT2D eigenvalue weighted by Crippen LogP contribution is -2.54. The van der Waals surface area contributed by atoms with Crippen molar-refractivity contribution in [1.82, 2.24) is 5.32 Å². The number of thiocarbonyl (C=S) groups is 1. The zero-order valence-electron chi connectivity index (χ0n) is 18.9. The largest absolute Gasteiger partial charge is 0.482 e. The fraction of sp³-hybridized carbons (Fsp3) is 0.0769. The van der Waals surface area contributed by atoms with Gasteiger partial charge in [0.25, 0.3) is 17.7 Å². The van der Waals surface area contributed by atoms with Gasteiger partial charge in [-0.2, -0.15) is 0 Å². The number of rotatable bonds is 6. The minimum Gasteiger partial charge on any atom is -0.482 e. The van der Waals surface area contributed by atoms with Gasteiger partial charge in [0.2, 0.25) is 0 Å². The molecule has 3 aromatic rings. The number of para-hydroxylation sites is 1. The number of benzene rings is 3. The van der Waals surface area contributed by atoms with Crippen molar-refractivity contribution >= 4 is 84.4 Å². The fourth-order valence-electron chi connectivity index (χ4n) is 3.44. The molecule has 0 atom stereocenters. The van der Waals surface area contributed by atoms with E-state index in [0.717, 1.165) is 5.56 Å². The molecule has 1 fully saturated rings. The van der Waals surface area contributed by atoms with Gasteiger partial charge in [-0.1, -0.05) is 51.8 Å². The van der Waals surface area contributed by atoms with Crippen LogP contribution in [0.3, 0.4) is 0 Å². The lowest BCUT2D eigenvalue weighted by atomic mass is 10.1. The van der Waals surface area contributed by atoms with Crippen molar-refractivity contribution < 1.29 is 19.1 Å². The Morgan fingerprint density at radius 1 is 1.08 bits per heavy atom. The Kier molecular flexibility index (Phi) is 7.97. The van der Waals surface area contributed by atoms with E-state index < -0.39 is 11.8 Å². The summed E-state index contributed by atoms with van der Waals surface area (Å²) in [5.74, 6) is -1.27. The lowest BCUT2D eigenvalue weighted by molar-refractivity contribution is -0.122. The molecule has 3 amide bonds. The zero-order valence-corrected chi connectivity index (χ0v) is 22.9. The third-order valence-corrected chi connectivity index (χ3v) is 6.47. The number of aryl methyl sites for hydroxylation is 1. The number of hydrogen-bond donors (Lipinski definition) is 2. The summed E-state index contributed by atoms with van der Waals surface area (Å²) in [4.78, 5) is 39.8. The van der Waals surface area contributed by atoms with E-state index in [1.165, 1.54) is 11.0 Å². The maximum atomic E-state index is 13.3. The molecule has 7 nitrogen and oxygen atoms in total. The lowest BCUT2D eigenvalue weighted by Gasteiger charge is -2.29. The Labute approximate surface area is 229 Å². The summed E-state index contributed by atoms with van der Waals surface area (Å²) in [6, 6.07) is 19.6. The van der Waals surface area contributed by atoms with Crippen molar-refractivity contribution in [2.24, 2.45) is 0 Å². The van der Waals surface area contributed by atoms with Crippen LogP contribution in [0.5, 0.6) is 5.75 Å². The number of anilines is 2. The Bertz CT molecular complexity index is 1390. The Morgan fingerprint density at radius 2 is 1.78 bits per heavy atom. The van der Waals surface area contributed by atoms with Crippen molar-refractivity contribution in [3.63, 3.8) is 0 Å². The maximum Gasteiger partial charge on any atom is 0.270 e. The number of carbonyl (C=O) groups excluding carboxylic acids is 3. The molecular formula is C26H19Br2N3O4S. The number of amides is 3. The first-order valence-electron chi connectivity index (χ1n) is 10.7. The van der Waals surface area contributed by atoms with Crippen LogP contribution in [0.1, 0.15) is 11.1 Å². The first-order chi connectivity index (χ1) is 17.2. The van der Waals surface area contributed by atoms with E-state index in [1.807, 2.05) is 25.1 Å². The van der Waals surface area contributed by atoms with Crippen LogP contribution in [0.2, 0.25) is 0 Å². The average molecular weight is 629 g/mol. The molecule has 1 heterocycles. The first-order valence-corrected chi connectivity index (χ1v) is 12.7. The summed E-state index contributed by atoms with van der Waals surface area (Å²) < 4.78 is 7.03. The van der Waals surface area contributed by atoms with E-state index >= 15 is 0 Å². The van der Waals surface area contributed by atoms with Gasteiger partial charge in [-0.05, 0) is 77.5 Å². The molecule has 10 heteroatoms. The third kappa shape index (κ3) is 5.89. The Hall–Kier alpha value is -3.34. The summed E-state index contributed by atoms with van der Waals surface area (Å²) >= 11 is 12.1. The molecule has 2 N–H and O–H groups in total. The fourth-order valence-corrected chi connectivity index (χ4v) is 5.09. The molecule has 0 unspecified atom stereocenters. The minimum atomic E-state index is -0.628. The number of hydrogen-bond acceptors (Lipinski definition) is 5. The van der Waals surface area contributed by atoms with Crippen LogP contribution in [0.4, 0.5) is 11.4 Å². The van der Waals surface area contributed by atoms with Crippen LogP contribution in [-0.2, 0) is 14.4 Å². The molecule has 1 aliphatic heterocycles. The third-order valence-electron chi connectivity index (χ3n) is 5.14. The molecule has 0 aromatic heterocycles. The van der Waals surface area contributed by atoms with Crippen LogP contribution in [0.15, 0.2) is 81.2 Å². The van der Waals surface area contributed by atoms with Crippen molar-refractivity contribution in [2.45, 2.75) is 6.92 Å². The van der Waals surface area contributed by atoms with Gasteiger partial charge in [0.05, 0.1) is 10.2 Å². The average Bonchev–Trinajstić information content (AvgIpc) is 2.83. The van der Waals surface area contributed by atoms with E-state index in [2.05, 4.69) is 42.5 Å². The summed E-state index contributed by atoms with van der Waals surface area (Å²) in [6.07, 6.45) is 1.41. The van der Waals surface area contributed by atoms with Gasteiger partial charge in [0.15, 0.2) is 11.7 Å². The first kappa shape index (κ1) is 25.7. The molecule has 0 bridgehead atoms. The van der Waals surface area contributed by atoms with E-state index in [9.17, 15) is 14.4 Å². The molecule has 0 saturated carbocycles. The van der Waals surface area contributed by atoms with Gasteiger partial charge >= 0.3 is 0 Å². The summed E-state index contributed by atoms with van der Waals surface area (Å²) in [5, 5.41) is 5.32. The highest BCUT2D eigenvalue weighted by atomic mass is 79.9. The van der Waals surface area contributed by atoms with Gasteiger partial charge in [-0.3, -0.25) is 24.6 Å². The molecule has 3 aromatic carbocycles. The highest BCUT2D eigenvalue weighted by Gasteiger charge is 2.34. The number of nitrogens with one attached hydrogen (secondary N) is 2. The quantitative estimate of drug-likeness (QED) is 0.218. The van der Waals surface area contributed by atoms with Crippen LogP contribution < -0.4 is 20.3 Å². The van der Waals surface area contributed by atoms with Crippen molar-refractivity contribution in [1.29, 1.82) is 0 Å². The second-order valence-corrected chi connectivity index (χ2v) is 9.96. The number of carbonyl (C=O) groups is 3. The van der Waals surface area contributed by atoms with E-state index in [-0.39, 0.29) is 23.2 Å². The van der Waals surface area contributed by atoms with Crippen LogP contribution >= 0.6 is 44.1 Å². The van der Waals surface area contributed by atoms with Gasteiger partial charge in [0, 0.05) is 15.7 Å². The second kappa shape index (κ2) is 11.2. The molecule has 1 aliphatic rings. The summed E-state index contributed by atoms with van der Waals surface area (Å²) in [5.41, 5.74) is 2.53. The van der Waals surface area contributed by atoms with Gasteiger partial charge in [0.1, 0.15) is 11.3 Å². The Balaban J connectivity index is 1.61. The van der Waals surface area contributed by atoms with Gasteiger partial charge in [-0.15, -0.1) is 0 Å². The molecule has 36 heavy (non-hydrogen) atoms. The molecule has 0 aliphatic carbocycles. The molecule has 4 rings (SSSR count). The summed E-state index contributed by atoms with van der Waals surface area (Å²) in [7, 11) is 0. The highest BCUT2D eigenvalue weighted by Crippen LogP contribution is 2.35. The standard InChI is InChI=1S/C26H19Br2N3O4S/c1-15-7-9-18(10-8-15)29-22(32)14-35-23-16(11-17(27)13-21(23)28)12-20-24(33)30-26(36)31(25(20)34)19-5-3-2-4-6-19/h2-13H,14H2,1H3,(H,29,32)(H,30,33,36)/b20-12-. The van der Waals surface area contributed by atoms with Crippen molar-refractivity contribution in [3.05, 3.63) is 92.4 Å². The van der Waals surface area contributed by atoms with Crippen LogP contribution in [0, 0.1) is 6.92 Å². The molecular weight excluding hydrogens is 610 g/mol. The number of ether oxygens (including phenoxy) is 1. The molecule has 182 valence electrons. The second-order valence-electron chi connectivity index (χ2n) is 7.80. The highest BCUT2D eigenvalue weighted by molar-refractivity contribution is 9.11. The SMILES string of the molecule is Cc1ccc(NC(=O)COc2c(Br)cc(Br)cc2/C=C2/C(=O)NC(=S)N(c3ccccc3)C2=O)cc1. The normalized spacial score (nSPS) is 14.6. The maximum absolute atomic E-state index is 13.3. The van der Waals surface area contributed by atoms with Gasteiger partial charge < -0.3 is 10.1 Å². The zero-order chi connectivity index (χ0) is 25.8. The monoisotopic (exact) mass is 627 g/mol.